The zero-order valence-corrected chi connectivity index (χ0v) is 44.1. The van der Waals surface area contributed by atoms with Crippen LogP contribution in [-0.2, 0) is 13.2 Å². The highest BCUT2D eigenvalue weighted by atomic mass is 32.1. The second kappa shape index (κ2) is 24.4. The SMILES string of the molecule is CN1CCC(c2ncc(-c3cnc(N)c(OCc4cccc(C#CC5(O)CCCCC5)c4)c3)s2)CC1.CN1CCC(c2ncc(-c3cnc([N+](=O)[O-])c(OCc4cccc(C#CC5(O)CCCCC5)c4)c3)s2)CC1. The number of hydrogen-bond acceptors (Lipinski definition) is 15. The summed E-state index contributed by atoms with van der Waals surface area (Å²) in [6.45, 7) is 4.85. The number of likely N-dealkylation sites (tertiary alicyclic amines) is 2. The molecule has 2 aliphatic heterocycles. The molecule has 4 aromatic heterocycles. The molecular formula is C58H66N8O6S2. The van der Waals surface area contributed by atoms with Crippen molar-refractivity contribution in [2.45, 2.75) is 126 Å². The molecule has 0 amide bonds. The number of anilines is 1. The van der Waals surface area contributed by atoms with Crippen LogP contribution in [0.5, 0.6) is 11.5 Å². The van der Waals surface area contributed by atoms with Crippen LogP contribution in [0.15, 0.2) is 85.5 Å². The number of benzene rings is 2. The average Bonchev–Trinajstić information content (AvgIpc) is 4.12. The summed E-state index contributed by atoms with van der Waals surface area (Å²) in [5, 5.41) is 35.3. The number of thiazole rings is 2. The highest BCUT2D eigenvalue weighted by molar-refractivity contribution is 7.15. The molecule has 4 aliphatic rings. The summed E-state index contributed by atoms with van der Waals surface area (Å²) in [6, 6.07) is 19.1. The van der Waals surface area contributed by atoms with Crippen molar-refractivity contribution in [3.63, 3.8) is 0 Å². The van der Waals surface area contributed by atoms with Gasteiger partial charge < -0.3 is 45.3 Å². The Morgan fingerprint density at radius 2 is 1.09 bits per heavy atom. The monoisotopic (exact) mass is 1030 g/mol. The zero-order chi connectivity index (χ0) is 51.5. The standard InChI is InChI=1S/C29H32N4O4S.C29H34N4O2S/c1-32-14-9-23(10-15-32)28-31-19-26(38-28)24-17-25(27(30-18-24)33(35)36)37-20-22-7-5-6-21(16-22)8-13-29(34)11-3-2-4-12-29;1-33-14-9-23(10-15-33)28-32-19-26(36-28)24-17-25(27(30)31-18-24)35-20-22-7-5-6-21(16-22)8-13-29(34)11-3-2-4-12-29/h5-7,16-19,23,34H,2-4,9-12,14-15,20H2,1H3;5-7,16-19,23,34H,2-4,9-12,14-15,20H2,1H3,(H2,30,31). The van der Waals surface area contributed by atoms with Crippen molar-refractivity contribution in [1.82, 2.24) is 29.7 Å². The van der Waals surface area contributed by atoms with Gasteiger partial charge in [0.15, 0.2) is 11.6 Å². The molecule has 2 aliphatic carbocycles. The van der Waals surface area contributed by atoms with Crippen molar-refractivity contribution in [2.24, 2.45) is 0 Å². The lowest BCUT2D eigenvalue weighted by Gasteiger charge is -2.27. The third-order valence-corrected chi connectivity index (χ3v) is 16.9. The van der Waals surface area contributed by atoms with Gasteiger partial charge in [-0.25, -0.2) is 15.0 Å². The molecule has 386 valence electrons. The van der Waals surface area contributed by atoms with Gasteiger partial charge in [0.2, 0.25) is 5.75 Å². The Balaban J connectivity index is 0.000000182. The van der Waals surface area contributed by atoms with Crippen molar-refractivity contribution >= 4 is 34.3 Å². The number of aliphatic hydroxyl groups is 2. The molecule has 14 nitrogen and oxygen atoms in total. The van der Waals surface area contributed by atoms with Crippen LogP contribution >= 0.6 is 22.7 Å². The summed E-state index contributed by atoms with van der Waals surface area (Å²) in [4.78, 5) is 35.7. The lowest BCUT2D eigenvalue weighted by molar-refractivity contribution is -0.390. The van der Waals surface area contributed by atoms with E-state index < -0.39 is 16.1 Å². The molecule has 0 radical (unpaired) electrons. The molecule has 0 spiro atoms. The van der Waals surface area contributed by atoms with Crippen LogP contribution in [0.1, 0.15) is 134 Å². The minimum Gasteiger partial charge on any atom is -0.485 e. The van der Waals surface area contributed by atoms with Gasteiger partial charge in [-0.3, -0.25) is 0 Å². The largest absolute Gasteiger partial charge is 0.485 e. The Hall–Kier alpha value is -6.24. The van der Waals surface area contributed by atoms with Gasteiger partial charge in [-0.1, -0.05) is 60.8 Å². The second-order valence-corrected chi connectivity index (χ2v) is 22.5. The zero-order valence-electron chi connectivity index (χ0n) is 42.4. The van der Waals surface area contributed by atoms with E-state index in [1.165, 1.54) is 17.6 Å². The molecule has 16 heteroatoms. The third kappa shape index (κ3) is 14.1. The quantitative estimate of drug-likeness (QED) is 0.0633. The smallest absolute Gasteiger partial charge is 0.406 e. The van der Waals surface area contributed by atoms with E-state index in [2.05, 4.69) is 62.5 Å². The van der Waals surface area contributed by atoms with E-state index in [1.54, 1.807) is 34.9 Å². The molecule has 0 unspecified atom stereocenters. The Morgan fingerprint density at radius 1 is 0.649 bits per heavy atom. The molecule has 2 aromatic carbocycles. The minimum atomic E-state index is -0.915. The summed E-state index contributed by atoms with van der Waals surface area (Å²) < 4.78 is 12.0. The number of piperidine rings is 2. The van der Waals surface area contributed by atoms with Crippen molar-refractivity contribution in [3.8, 4) is 56.1 Å². The molecule has 10 rings (SSSR count). The van der Waals surface area contributed by atoms with Crippen LogP contribution in [0.4, 0.5) is 11.6 Å². The average molecular weight is 1040 g/mol. The predicted molar refractivity (Wildman–Crippen MR) is 292 cm³/mol. The van der Waals surface area contributed by atoms with Crippen molar-refractivity contribution in [2.75, 3.05) is 46.0 Å². The topological polar surface area (TPSA) is 186 Å². The molecule has 4 N–H and O–H groups in total. The first-order chi connectivity index (χ1) is 35.9. The molecule has 2 saturated carbocycles. The van der Waals surface area contributed by atoms with Crippen LogP contribution in [-0.4, -0.2) is 96.3 Å². The number of hydrogen-bond donors (Lipinski definition) is 3. The number of ether oxygens (including phenoxy) is 2. The number of nitro groups is 1. The van der Waals surface area contributed by atoms with E-state index in [1.807, 2.05) is 67.0 Å². The molecule has 6 heterocycles. The predicted octanol–water partition coefficient (Wildman–Crippen LogP) is 10.8. The second-order valence-electron chi connectivity index (χ2n) is 20.4. The minimum absolute atomic E-state index is 0.120. The Morgan fingerprint density at radius 3 is 1.57 bits per heavy atom. The van der Waals surface area contributed by atoms with Crippen LogP contribution < -0.4 is 15.2 Å². The first-order valence-corrected chi connectivity index (χ1v) is 27.6. The van der Waals surface area contributed by atoms with Crippen LogP contribution in [0.3, 0.4) is 0 Å². The normalized spacial score (nSPS) is 18.2. The van der Waals surface area contributed by atoms with Gasteiger partial charge >= 0.3 is 5.82 Å². The van der Waals surface area contributed by atoms with E-state index >= 15 is 0 Å². The van der Waals surface area contributed by atoms with Crippen molar-refractivity contribution in [1.29, 1.82) is 0 Å². The van der Waals surface area contributed by atoms with Gasteiger partial charge in [0.05, 0.1) is 19.8 Å². The van der Waals surface area contributed by atoms with E-state index in [4.69, 9.17) is 20.2 Å². The summed E-state index contributed by atoms with van der Waals surface area (Å²) >= 11 is 3.36. The summed E-state index contributed by atoms with van der Waals surface area (Å²) in [5.41, 5.74) is 9.56. The fourth-order valence-corrected chi connectivity index (χ4v) is 12.1. The number of nitrogens with two attached hydrogens (primary N) is 1. The van der Waals surface area contributed by atoms with Gasteiger partial charge in [0.25, 0.3) is 0 Å². The number of rotatable bonds is 11. The molecule has 0 bridgehead atoms. The maximum absolute atomic E-state index is 11.6. The number of aromatic nitrogens is 4. The summed E-state index contributed by atoms with van der Waals surface area (Å²) in [7, 11) is 4.31. The van der Waals surface area contributed by atoms with Gasteiger partial charge in [0, 0.05) is 58.7 Å². The van der Waals surface area contributed by atoms with E-state index in [0.29, 0.717) is 42.9 Å². The lowest BCUT2D eigenvalue weighted by Crippen LogP contribution is -2.29. The molecule has 4 fully saturated rings. The third-order valence-electron chi connectivity index (χ3n) is 14.5. The van der Waals surface area contributed by atoms with E-state index in [9.17, 15) is 20.3 Å². The van der Waals surface area contributed by atoms with Crippen LogP contribution in [0, 0.1) is 33.8 Å². The molecule has 2 saturated heterocycles. The summed E-state index contributed by atoms with van der Waals surface area (Å²) in [6.07, 6.45) is 20.8. The fraction of sp³-hybridized carbons (Fsp3) is 0.448. The van der Waals surface area contributed by atoms with Crippen LogP contribution in [0.25, 0.3) is 20.9 Å². The molecule has 6 aromatic rings. The number of nitrogens with zero attached hydrogens (tertiary/aromatic N) is 7. The number of pyridine rings is 2. The van der Waals surface area contributed by atoms with Gasteiger partial charge in [-0.2, -0.15) is 0 Å². The Kier molecular flexibility index (Phi) is 17.4. The maximum Gasteiger partial charge on any atom is 0.406 e. The molecule has 0 atom stereocenters. The van der Waals surface area contributed by atoms with Crippen LogP contribution in [0.2, 0.25) is 0 Å². The highest BCUT2D eigenvalue weighted by Gasteiger charge is 2.29. The van der Waals surface area contributed by atoms with Gasteiger partial charge in [-0.05, 0) is 169 Å². The van der Waals surface area contributed by atoms with E-state index in [-0.39, 0.29) is 18.2 Å². The molecular weight excluding hydrogens is 969 g/mol. The van der Waals surface area contributed by atoms with E-state index in [0.717, 1.165) is 145 Å². The fourth-order valence-electron chi connectivity index (χ4n) is 9.95. The van der Waals surface area contributed by atoms with Crippen molar-refractivity contribution < 1.29 is 24.6 Å². The Labute approximate surface area is 442 Å². The first-order valence-electron chi connectivity index (χ1n) is 26.0. The maximum atomic E-state index is 11.6. The highest BCUT2D eigenvalue weighted by Crippen LogP contribution is 2.39. The molecule has 74 heavy (non-hydrogen) atoms. The number of nitrogen functional groups attached to an aromatic ring is 1. The first kappa shape index (κ1) is 52.6. The van der Waals surface area contributed by atoms with Gasteiger partial charge in [-0.15, -0.1) is 22.7 Å². The Bertz CT molecular complexity index is 3000. The van der Waals surface area contributed by atoms with Crippen molar-refractivity contribution in [3.05, 3.63) is 128 Å². The lowest BCUT2D eigenvalue weighted by atomic mass is 9.85. The summed E-state index contributed by atoms with van der Waals surface area (Å²) in [5.74, 6) is 14.1. The van der Waals surface area contributed by atoms with Gasteiger partial charge in [0.1, 0.15) is 30.6 Å².